The molecular weight excluding hydrogens is 372 g/mol. The molecule has 6 heteroatoms. The van der Waals surface area contributed by atoms with E-state index < -0.39 is 0 Å². The summed E-state index contributed by atoms with van der Waals surface area (Å²) in [5, 5.41) is 12.8. The molecule has 2 N–H and O–H groups in total. The molecular formula is C22H26N2O3S. The minimum Gasteiger partial charge on any atom is -0.507 e. The highest BCUT2D eigenvalue weighted by atomic mass is 32.2. The van der Waals surface area contributed by atoms with E-state index in [-0.39, 0.29) is 29.0 Å². The molecule has 0 radical (unpaired) electrons. The quantitative estimate of drug-likeness (QED) is 0.802. The molecule has 5 nitrogen and oxygen atoms in total. The van der Waals surface area contributed by atoms with Gasteiger partial charge >= 0.3 is 0 Å². The Hall–Kier alpha value is -2.47. The predicted molar refractivity (Wildman–Crippen MR) is 114 cm³/mol. The maximum absolute atomic E-state index is 12.5. The maximum Gasteiger partial charge on any atom is 0.259 e. The van der Waals surface area contributed by atoms with Crippen molar-refractivity contribution in [2.45, 2.75) is 26.2 Å². The van der Waals surface area contributed by atoms with E-state index in [9.17, 15) is 14.7 Å². The van der Waals surface area contributed by atoms with Crippen LogP contribution in [0.4, 0.5) is 5.69 Å². The first kappa shape index (κ1) is 20.3. The second kappa shape index (κ2) is 9.15. The SMILES string of the molecule is CC(C)c1ccc(O)c(C(=O)Nc2ccc(CC(=O)N3CCSCC3)cc2)c1. The summed E-state index contributed by atoms with van der Waals surface area (Å²) >= 11 is 1.88. The number of amides is 2. The Morgan fingerprint density at radius 2 is 1.79 bits per heavy atom. The van der Waals surface area contributed by atoms with Crippen LogP contribution in [0.2, 0.25) is 0 Å². The van der Waals surface area contributed by atoms with Crippen LogP contribution in [0, 0.1) is 0 Å². The van der Waals surface area contributed by atoms with Crippen molar-refractivity contribution in [2.24, 2.45) is 0 Å². The molecule has 0 bridgehead atoms. The fourth-order valence-corrected chi connectivity index (χ4v) is 4.00. The number of benzene rings is 2. The first-order valence-electron chi connectivity index (χ1n) is 9.53. The fourth-order valence-electron chi connectivity index (χ4n) is 3.10. The number of rotatable bonds is 5. The summed E-state index contributed by atoms with van der Waals surface area (Å²) in [4.78, 5) is 26.8. The van der Waals surface area contributed by atoms with E-state index in [0.717, 1.165) is 35.7 Å². The third-order valence-corrected chi connectivity index (χ3v) is 5.81. The zero-order chi connectivity index (χ0) is 20.1. The third kappa shape index (κ3) is 5.07. The van der Waals surface area contributed by atoms with Gasteiger partial charge in [0.15, 0.2) is 0 Å². The average molecular weight is 399 g/mol. The molecule has 1 saturated heterocycles. The fraction of sp³-hybridized carbons (Fsp3) is 0.364. The number of aromatic hydroxyl groups is 1. The summed E-state index contributed by atoms with van der Waals surface area (Å²) in [5.74, 6) is 2.02. The molecule has 2 amide bonds. The lowest BCUT2D eigenvalue weighted by Gasteiger charge is -2.26. The highest BCUT2D eigenvalue weighted by Crippen LogP contribution is 2.24. The minimum atomic E-state index is -0.352. The smallest absolute Gasteiger partial charge is 0.259 e. The summed E-state index contributed by atoms with van der Waals surface area (Å²) in [6.07, 6.45) is 0.371. The van der Waals surface area contributed by atoms with Crippen LogP contribution in [0.3, 0.4) is 0 Å². The van der Waals surface area contributed by atoms with Gasteiger partial charge in [0.05, 0.1) is 12.0 Å². The molecule has 2 aromatic rings. The van der Waals surface area contributed by atoms with Crippen molar-refractivity contribution in [2.75, 3.05) is 29.9 Å². The first-order chi connectivity index (χ1) is 13.4. The van der Waals surface area contributed by atoms with Gasteiger partial charge in [-0.05, 0) is 41.3 Å². The van der Waals surface area contributed by atoms with E-state index in [1.165, 1.54) is 0 Å². The lowest BCUT2D eigenvalue weighted by molar-refractivity contribution is -0.130. The lowest BCUT2D eigenvalue weighted by Crippen LogP contribution is -2.38. The van der Waals surface area contributed by atoms with Gasteiger partial charge in [-0.25, -0.2) is 0 Å². The second-order valence-electron chi connectivity index (χ2n) is 7.25. The Balaban J connectivity index is 1.63. The number of hydrogen-bond donors (Lipinski definition) is 2. The Morgan fingerprint density at radius 3 is 2.43 bits per heavy atom. The standard InChI is InChI=1S/C22H26N2O3S/c1-15(2)17-5-8-20(25)19(14-17)22(27)23-18-6-3-16(4-7-18)13-21(26)24-9-11-28-12-10-24/h3-8,14-15,25H,9-13H2,1-2H3,(H,23,27). The van der Waals surface area contributed by atoms with Gasteiger partial charge in [0, 0.05) is 30.3 Å². The molecule has 0 aromatic heterocycles. The van der Waals surface area contributed by atoms with Crippen LogP contribution in [-0.2, 0) is 11.2 Å². The molecule has 1 aliphatic heterocycles. The molecule has 148 valence electrons. The van der Waals surface area contributed by atoms with Crippen molar-refractivity contribution in [1.29, 1.82) is 0 Å². The van der Waals surface area contributed by atoms with Gasteiger partial charge in [0.25, 0.3) is 5.91 Å². The molecule has 28 heavy (non-hydrogen) atoms. The van der Waals surface area contributed by atoms with E-state index in [1.54, 1.807) is 24.3 Å². The summed E-state index contributed by atoms with van der Waals surface area (Å²) < 4.78 is 0. The third-order valence-electron chi connectivity index (χ3n) is 4.86. The summed E-state index contributed by atoms with van der Waals surface area (Å²) in [7, 11) is 0. The zero-order valence-electron chi connectivity index (χ0n) is 16.3. The van der Waals surface area contributed by atoms with Crippen molar-refractivity contribution >= 4 is 29.3 Å². The van der Waals surface area contributed by atoms with E-state index in [0.29, 0.717) is 12.1 Å². The minimum absolute atomic E-state index is 0.0381. The summed E-state index contributed by atoms with van der Waals surface area (Å²) in [5.41, 5.74) is 2.80. The predicted octanol–water partition coefficient (Wildman–Crippen LogP) is 3.89. The van der Waals surface area contributed by atoms with Crippen molar-refractivity contribution < 1.29 is 14.7 Å². The molecule has 0 aliphatic carbocycles. The molecule has 1 fully saturated rings. The molecule has 0 spiro atoms. The zero-order valence-corrected chi connectivity index (χ0v) is 17.1. The van der Waals surface area contributed by atoms with Crippen LogP contribution in [0.25, 0.3) is 0 Å². The van der Waals surface area contributed by atoms with Crippen LogP contribution in [0.5, 0.6) is 5.75 Å². The number of thioether (sulfide) groups is 1. The number of phenolic OH excluding ortho intramolecular Hbond substituents is 1. The van der Waals surface area contributed by atoms with Crippen molar-refractivity contribution in [3.05, 3.63) is 59.2 Å². The highest BCUT2D eigenvalue weighted by Gasteiger charge is 2.17. The number of phenols is 1. The average Bonchev–Trinajstić information content (AvgIpc) is 2.70. The van der Waals surface area contributed by atoms with E-state index >= 15 is 0 Å². The van der Waals surface area contributed by atoms with Gasteiger partial charge in [0.2, 0.25) is 5.91 Å². The summed E-state index contributed by atoms with van der Waals surface area (Å²) in [6, 6.07) is 12.4. The summed E-state index contributed by atoms with van der Waals surface area (Å²) in [6.45, 7) is 5.71. The normalized spacial score (nSPS) is 14.2. The van der Waals surface area contributed by atoms with Gasteiger partial charge in [-0.15, -0.1) is 0 Å². The van der Waals surface area contributed by atoms with Crippen LogP contribution in [-0.4, -0.2) is 46.4 Å². The molecule has 1 heterocycles. The highest BCUT2D eigenvalue weighted by molar-refractivity contribution is 7.99. The number of nitrogens with zero attached hydrogens (tertiary/aromatic N) is 1. The Labute approximate surface area is 170 Å². The molecule has 0 saturated carbocycles. The van der Waals surface area contributed by atoms with E-state index in [1.807, 2.05) is 48.7 Å². The van der Waals surface area contributed by atoms with E-state index in [4.69, 9.17) is 0 Å². The lowest BCUT2D eigenvalue weighted by atomic mass is 10.00. The Kier molecular flexibility index (Phi) is 6.62. The number of anilines is 1. The number of hydrogen-bond acceptors (Lipinski definition) is 4. The van der Waals surface area contributed by atoms with Gasteiger partial charge in [-0.3, -0.25) is 9.59 Å². The van der Waals surface area contributed by atoms with Crippen LogP contribution < -0.4 is 5.32 Å². The number of carbonyl (C=O) groups is 2. The first-order valence-corrected chi connectivity index (χ1v) is 10.7. The van der Waals surface area contributed by atoms with Gasteiger partial charge in [0.1, 0.15) is 5.75 Å². The largest absolute Gasteiger partial charge is 0.507 e. The van der Waals surface area contributed by atoms with Crippen molar-refractivity contribution in [3.63, 3.8) is 0 Å². The second-order valence-corrected chi connectivity index (χ2v) is 8.48. The number of carbonyl (C=O) groups excluding carboxylic acids is 2. The monoisotopic (exact) mass is 398 g/mol. The molecule has 0 atom stereocenters. The van der Waals surface area contributed by atoms with E-state index in [2.05, 4.69) is 5.32 Å². The van der Waals surface area contributed by atoms with Gasteiger partial charge in [-0.2, -0.15) is 11.8 Å². The topological polar surface area (TPSA) is 69.6 Å². The van der Waals surface area contributed by atoms with Gasteiger partial charge in [-0.1, -0.05) is 32.0 Å². The number of nitrogens with one attached hydrogen (secondary N) is 1. The van der Waals surface area contributed by atoms with Crippen molar-refractivity contribution in [1.82, 2.24) is 4.90 Å². The van der Waals surface area contributed by atoms with Crippen molar-refractivity contribution in [3.8, 4) is 5.75 Å². The Bertz CT molecular complexity index is 843. The maximum atomic E-state index is 12.5. The molecule has 0 unspecified atom stereocenters. The molecule has 1 aliphatic rings. The van der Waals surface area contributed by atoms with Crippen LogP contribution >= 0.6 is 11.8 Å². The van der Waals surface area contributed by atoms with Crippen LogP contribution in [0.1, 0.15) is 41.3 Å². The van der Waals surface area contributed by atoms with Crippen LogP contribution in [0.15, 0.2) is 42.5 Å². The van der Waals surface area contributed by atoms with Gasteiger partial charge < -0.3 is 15.3 Å². The Morgan fingerprint density at radius 1 is 1.11 bits per heavy atom. The molecule has 2 aromatic carbocycles. The molecule has 3 rings (SSSR count).